The minimum Gasteiger partial charge on any atom is -0.351 e. The molecule has 0 aromatic heterocycles. The van der Waals surface area contributed by atoms with Crippen LogP contribution in [0.4, 0.5) is 0 Å². The molecule has 3 rings (SSSR count). The molecule has 0 aromatic rings. The molecule has 1 saturated carbocycles. The highest BCUT2D eigenvalue weighted by atomic mass is 16.2. The number of nitrogens with one attached hydrogen (secondary N) is 1. The van der Waals surface area contributed by atoms with Crippen LogP contribution < -0.4 is 5.32 Å². The molecule has 0 radical (unpaired) electrons. The summed E-state index contributed by atoms with van der Waals surface area (Å²) in [5.41, 5.74) is 0. The topological polar surface area (TPSA) is 32.3 Å². The summed E-state index contributed by atoms with van der Waals surface area (Å²) < 4.78 is 0. The Hall–Kier alpha value is -0.570. The standard InChI is InChI=1S/C13H22N2O/c1-9-8-10(9)13(16)14-11-5-7-15-6-3-2-4-12(11)15/h9-12H,2-8H2,1H3,(H,14,16)/t9-,10+,11-,12+/m1/s1. The fourth-order valence-electron chi connectivity index (χ4n) is 3.39. The molecule has 2 heterocycles. The molecule has 3 fully saturated rings. The van der Waals surface area contributed by atoms with Gasteiger partial charge in [-0.1, -0.05) is 13.3 Å². The van der Waals surface area contributed by atoms with E-state index in [-0.39, 0.29) is 0 Å². The molecule has 90 valence electrons. The molecule has 0 spiro atoms. The molecule has 2 saturated heterocycles. The van der Waals surface area contributed by atoms with Crippen LogP contribution in [0, 0.1) is 11.8 Å². The Morgan fingerprint density at radius 1 is 1.25 bits per heavy atom. The minimum atomic E-state index is 0.324. The second-order valence-electron chi connectivity index (χ2n) is 5.82. The zero-order valence-corrected chi connectivity index (χ0v) is 10.1. The number of hydrogen-bond donors (Lipinski definition) is 1. The first-order valence-corrected chi connectivity index (χ1v) is 6.80. The Labute approximate surface area is 97.6 Å². The van der Waals surface area contributed by atoms with E-state index < -0.39 is 0 Å². The highest BCUT2D eigenvalue weighted by Crippen LogP contribution is 2.38. The predicted octanol–water partition coefficient (Wildman–Crippen LogP) is 1.39. The lowest BCUT2D eigenvalue weighted by Gasteiger charge is -2.32. The lowest BCUT2D eigenvalue weighted by Crippen LogP contribution is -2.47. The van der Waals surface area contributed by atoms with Crippen LogP contribution >= 0.6 is 0 Å². The maximum absolute atomic E-state index is 11.9. The molecule has 1 amide bonds. The van der Waals surface area contributed by atoms with Crippen LogP contribution in [-0.2, 0) is 4.79 Å². The second kappa shape index (κ2) is 4.02. The summed E-state index contributed by atoms with van der Waals surface area (Å²) in [6, 6.07) is 1.09. The zero-order chi connectivity index (χ0) is 11.1. The lowest BCUT2D eigenvalue weighted by atomic mass is 9.99. The van der Waals surface area contributed by atoms with E-state index in [0.29, 0.717) is 29.8 Å². The van der Waals surface area contributed by atoms with Crippen molar-refractivity contribution in [2.24, 2.45) is 11.8 Å². The van der Waals surface area contributed by atoms with Gasteiger partial charge in [-0.25, -0.2) is 0 Å². The Bertz CT molecular complexity index is 292. The summed E-state index contributed by atoms with van der Waals surface area (Å²) in [4.78, 5) is 14.5. The third-order valence-corrected chi connectivity index (χ3v) is 4.63. The van der Waals surface area contributed by atoms with Crippen LogP contribution in [-0.4, -0.2) is 36.0 Å². The average Bonchev–Trinajstić information content (AvgIpc) is 2.89. The summed E-state index contributed by atoms with van der Waals surface area (Å²) in [6.45, 7) is 4.61. The van der Waals surface area contributed by atoms with Crippen LogP contribution in [0.15, 0.2) is 0 Å². The summed E-state index contributed by atoms with van der Waals surface area (Å²) in [6.07, 6.45) is 6.24. The number of carbonyl (C=O) groups is 1. The summed E-state index contributed by atoms with van der Waals surface area (Å²) in [5, 5.41) is 3.29. The number of rotatable bonds is 2. The van der Waals surface area contributed by atoms with Crippen LogP contribution in [0.25, 0.3) is 0 Å². The van der Waals surface area contributed by atoms with Crippen molar-refractivity contribution in [1.29, 1.82) is 0 Å². The average molecular weight is 222 g/mol. The van der Waals surface area contributed by atoms with Crippen molar-refractivity contribution in [2.75, 3.05) is 13.1 Å². The highest BCUT2D eigenvalue weighted by Gasteiger charge is 2.42. The molecule has 0 unspecified atom stereocenters. The number of hydrogen-bond acceptors (Lipinski definition) is 2. The van der Waals surface area contributed by atoms with Gasteiger partial charge >= 0.3 is 0 Å². The highest BCUT2D eigenvalue weighted by molar-refractivity contribution is 5.81. The van der Waals surface area contributed by atoms with Gasteiger partial charge in [-0.2, -0.15) is 0 Å². The monoisotopic (exact) mass is 222 g/mol. The first-order chi connectivity index (χ1) is 7.75. The van der Waals surface area contributed by atoms with Crippen molar-refractivity contribution in [3.8, 4) is 0 Å². The fourth-order valence-corrected chi connectivity index (χ4v) is 3.39. The molecule has 0 bridgehead atoms. The Balaban J connectivity index is 1.56. The van der Waals surface area contributed by atoms with Gasteiger partial charge in [-0.3, -0.25) is 9.69 Å². The fraction of sp³-hybridized carbons (Fsp3) is 0.923. The van der Waals surface area contributed by atoms with Gasteiger partial charge in [0.25, 0.3) is 0 Å². The van der Waals surface area contributed by atoms with Gasteiger partial charge in [0, 0.05) is 24.5 Å². The molecule has 1 aliphatic carbocycles. The molecule has 3 aliphatic rings. The minimum absolute atomic E-state index is 0.324. The molecule has 2 aliphatic heterocycles. The van der Waals surface area contributed by atoms with E-state index in [9.17, 15) is 4.79 Å². The van der Waals surface area contributed by atoms with Gasteiger partial charge in [0.2, 0.25) is 5.91 Å². The first kappa shape index (κ1) is 10.6. The molecule has 3 nitrogen and oxygen atoms in total. The number of carbonyl (C=O) groups excluding carboxylic acids is 1. The number of amides is 1. The third-order valence-electron chi connectivity index (χ3n) is 4.63. The van der Waals surface area contributed by atoms with Crippen molar-refractivity contribution < 1.29 is 4.79 Å². The Morgan fingerprint density at radius 3 is 2.81 bits per heavy atom. The Kier molecular flexibility index (Phi) is 2.66. The molecule has 3 heteroatoms. The van der Waals surface area contributed by atoms with Crippen LogP contribution in [0.1, 0.15) is 39.0 Å². The lowest BCUT2D eigenvalue weighted by molar-refractivity contribution is -0.123. The van der Waals surface area contributed by atoms with Gasteiger partial charge in [-0.05, 0) is 38.1 Å². The number of nitrogens with zero attached hydrogens (tertiary/aromatic N) is 1. The Morgan fingerprint density at radius 2 is 2.06 bits per heavy atom. The van der Waals surface area contributed by atoms with Gasteiger partial charge in [0.15, 0.2) is 0 Å². The van der Waals surface area contributed by atoms with Crippen molar-refractivity contribution >= 4 is 5.91 Å². The van der Waals surface area contributed by atoms with Crippen LogP contribution in [0.2, 0.25) is 0 Å². The molecule has 1 N–H and O–H groups in total. The molecule has 4 atom stereocenters. The van der Waals surface area contributed by atoms with Gasteiger partial charge in [0.05, 0.1) is 0 Å². The van der Waals surface area contributed by atoms with E-state index in [1.54, 1.807) is 0 Å². The third kappa shape index (κ3) is 1.86. The SMILES string of the molecule is C[C@@H]1C[C@@H]1C(=O)N[C@@H]1CCN2CCCC[C@@H]12. The van der Waals surface area contributed by atoms with E-state index in [0.717, 1.165) is 12.8 Å². The molecule has 0 aromatic carbocycles. The summed E-state index contributed by atoms with van der Waals surface area (Å²) in [7, 11) is 0. The van der Waals surface area contributed by atoms with Gasteiger partial charge in [-0.15, -0.1) is 0 Å². The van der Waals surface area contributed by atoms with Gasteiger partial charge in [0.1, 0.15) is 0 Å². The second-order valence-corrected chi connectivity index (χ2v) is 5.82. The summed E-state index contributed by atoms with van der Waals surface area (Å²) in [5.74, 6) is 1.28. The predicted molar refractivity (Wildman–Crippen MR) is 63.0 cm³/mol. The van der Waals surface area contributed by atoms with Crippen LogP contribution in [0.3, 0.4) is 0 Å². The zero-order valence-electron chi connectivity index (χ0n) is 10.1. The molecule has 16 heavy (non-hydrogen) atoms. The molecular formula is C13H22N2O. The first-order valence-electron chi connectivity index (χ1n) is 6.80. The smallest absolute Gasteiger partial charge is 0.223 e. The number of fused-ring (bicyclic) bond motifs is 1. The van der Waals surface area contributed by atoms with Crippen molar-refractivity contribution in [3.05, 3.63) is 0 Å². The van der Waals surface area contributed by atoms with Gasteiger partial charge < -0.3 is 5.32 Å². The normalized spacial score (nSPS) is 42.8. The largest absolute Gasteiger partial charge is 0.351 e. The van der Waals surface area contributed by atoms with E-state index >= 15 is 0 Å². The van der Waals surface area contributed by atoms with Crippen molar-refractivity contribution in [3.63, 3.8) is 0 Å². The summed E-state index contributed by atoms with van der Waals surface area (Å²) >= 11 is 0. The van der Waals surface area contributed by atoms with E-state index in [1.165, 1.54) is 32.4 Å². The van der Waals surface area contributed by atoms with Crippen molar-refractivity contribution in [1.82, 2.24) is 10.2 Å². The van der Waals surface area contributed by atoms with E-state index in [1.807, 2.05) is 0 Å². The maximum Gasteiger partial charge on any atom is 0.223 e. The van der Waals surface area contributed by atoms with Crippen molar-refractivity contribution in [2.45, 2.75) is 51.1 Å². The molecular weight excluding hydrogens is 200 g/mol. The quantitative estimate of drug-likeness (QED) is 0.765. The van der Waals surface area contributed by atoms with E-state index in [4.69, 9.17) is 0 Å². The van der Waals surface area contributed by atoms with E-state index in [2.05, 4.69) is 17.1 Å². The number of piperidine rings is 1. The maximum atomic E-state index is 11.9. The van der Waals surface area contributed by atoms with Crippen LogP contribution in [0.5, 0.6) is 0 Å².